The van der Waals surface area contributed by atoms with Crippen molar-refractivity contribution in [3.8, 4) is 5.82 Å². The van der Waals surface area contributed by atoms with Crippen LogP contribution < -0.4 is 10.6 Å². The van der Waals surface area contributed by atoms with Gasteiger partial charge < -0.3 is 10.6 Å². The average molecular weight is 573 g/mol. The monoisotopic (exact) mass is 572 g/mol. The van der Waals surface area contributed by atoms with E-state index < -0.39 is 0 Å². The van der Waals surface area contributed by atoms with E-state index in [0.29, 0.717) is 25.5 Å². The van der Waals surface area contributed by atoms with Gasteiger partial charge in [0, 0.05) is 43.2 Å². The molecule has 2 aromatic heterocycles. The van der Waals surface area contributed by atoms with Crippen molar-refractivity contribution in [2.45, 2.75) is 19.4 Å². The second kappa shape index (κ2) is 11.9. The quantitative estimate of drug-likeness (QED) is 0.194. The second-order valence-corrected chi connectivity index (χ2v) is 7.10. The molecule has 29 heavy (non-hydrogen) atoms. The summed E-state index contributed by atoms with van der Waals surface area (Å²) in [4.78, 5) is 12.7. The third-order valence-electron chi connectivity index (χ3n) is 4.19. The lowest BCUT2D eigenvalue weighted by atomic mass is 10.1. The van der Waals surface area contributed by atoms with Gasteiger partial charge in [-0.3, -0.25) is 9.56 Å². The predicted molar refractivity (Wildman–Crippen MR) is 127 cm³/mol. The number of hydrogen-bond donors (Lipinski definition) is 2. The lowest BCUT2D eigenvalue weighted by Crippen LogP contribution is -2.37. The SMILES string of the molecule is CN=C(NCCCc1ccc(Br)cc1F)NCc1ccc(-n2ccnc2)nc1.I. The van der Waals surface area contributed by atoms with E-state index in [1.54, 1.807) is 19.6 Å². The minimum absolute atomic E-state index is 0. The Kier molecular flexibility index (Phi) is 9.52. The number of aromatic nitrogens is 3. The number of hydrogen-bond acceptors (Lipinski definition) is 3. The first-order chi connectivity index (χ1) is 13.7. The van der Waals surface area contributed by atoms with E-state index >= 15 is 0 Å². The first kappa shape index (κ1) is 23.3. The van der Waals surface area contributed by atoms with Crippen LogP contribution in [-0.4, -0.2) is 34.1 Å². The summed E-state index contributed by atoms with van der Waals surface area (Å²) in [6.07, 6.45) is 8.59. The zero-order valence-electron chi connectivity index (χ0n) is 16.0. The summed E-state index contributed by atoms with van der Waals surface area (Å²) in [5.41, 5.74) is 1.76. The van der Waals surface area contributed by atoms with Gasteiger partial charge in [-0.05, 0) is 42.2 Å². The number of imidazole rings is 1. The summed E-state index contributed by atoms with van der Waals surface area (Å²) in [5, 5.41) is 6.51. The molecule has 0 spiro atoms. The van der Waals surface area contributed by atoms with Crippen molar-refractivity contribution >= 4 is 45.9 Å². The molecule has 0 aliphatic rings. The van der Waals surface area contributed by atoms with Gasteiger partial charge in [0.25, 0.3) is 0 Å². The summed E-state index contributed by atoms with van der Waals surface area (Å²) in [6, 6.07) is 9.13. The van der Waals surface area contributed by atoms with Crippen molar-refractivity contribution < 1.29 is 4.39 Å². The molecule has 0 radical (unpaired) electrons. The number of benzene rings is 1. The number of nitrogens with zero attached hydrogens (tertiary/aromatic N) is 4. The molecule has 0 aliphatic heterocycles. The summed E-state index contributed by atoms with van der Waals surface area (Å²) < 4.78 is 16.4. The van der Waals surface area contributed by atoms with Gasteiger partial charge in [-0.25, -0.2) is 14.4 Å². The highest BCUT2D eigenvalue weighted by atomic mass is 127. The fraction of sp³-hybridized carbons (Fsp3) is 0.250. The Morgan fingerprint density at radius 1 is 1.24 bits per heavy atom. The first-order valence-electron chi connectivity index (χ1n) is 8.97. The van der Waals surface area contributed by atoms with Gasteiger partial charge in [0.05, 0.1) is 0 Å². The first-order valence-corrected chi connectivity index (χ1v) is 9.76. The molecule has 0 amide bonds. The van der Waals surface area contributed by atoms with Gasteiger partial charge in [0.1, 0.15) is 18.0 Å². The Morgan fingerprint density at radius 3 is 2.76 bits per heavy atom. The van der Waals surface area contributed by atoms with E-state index in [4.69, 9.17) is 0 Å². The summed E-state index contributed by atoms with van der Waals surface area (Å²) in [5.74, 6) is 1.35. The molecule has 0 saturated carbocycles. The van der Waals surface area contributed by atoms with Crippen LogP contribution in [0.5, 0.6) is 0 Å². The highest BCUT2D eigenvalue weighted by Crippen LogP contribution is 2.16. The Hall–Kier alpha value is -2.01. The van der Waals surface area contributed by atoms with E-state index in [1.807, 2.05) is 41.2 Å². The number of aryl methyl sites for hydroxylation is 1. The number of pyridine rings is 1. The summed E-state index contributed by atoms with van der Waals surface area (Å²) in [6.45, 7) is 1.31. The number of nitrogens with one attached hydrogen (secondary N) is 2. The van der Waals surface area contributed by atoms with Crippen LogP contribution in [0.15, 0.2) is 64.7 Å². The normalized spacial score (nSPS) is 11.1. The zero-order chi connectivity index (χ0) is 19.8. The van der Waals surface area contributed by atoms with Crippen LogP contribution in [0.2, 0.25) is 0 Å². The average Bonchev–Trinajstić information content (AvgIpc) is 3.24. The van der Waals surface area contributed by atoms with E-state index in [2.05, 4.69) is 41.5 Å². The molecule has 9 heteroatoms. The van der Waals surface area contributed by atoms with Crippen LogP contribution in [0.25, 0.3) is 5.82 Å². The van der Waals surface area contributed by atoms with Crippen molar-refractivity contribution in [1.82, 2.24) is 25.2 Å². The third kappa shape index (κ3) is 7.07. The minimum atomic E-state index is -0.177. The van der Waals surface area contributed by atoms with Crippen LogP contribution in [-0.2, 0) is 13.0 Å². The Balaban J connectivity index is 0.00000300. The van der Waals surface area contributed by atoms with Gasteiger partial charge in [0.2, 0.25) is 0 Å². The molecule has 2 N–H and O–H groups in total. The maximum atomic E-state index is 13.8. The molecule has 0 unspecified atom stereocenters. The fourth-order valence-corrected chi connectivity index (χ4v) is 3.02. The molecule has 154 valence electrons. The van der Waals surface area contributed by atoms with Crippen LogP contribution >= 0.6 is 39.9 Å². The second-order valence-electron chi connectivity index (χ2n) is 6.19. The number of aliphatic imine (C=N–C) groups is 1. The summed E-state index contributed by atoms with van der Waals surface area (Å²) >= 11 is 3.27. The standard InChI is InChI=1S/C20H22BrFN6.HI/c1-23-20(25-8-2-3-16-5-6-17(21)11-18(16)22)27-13-15-4-7-19(26-12-15)28-10-9-24-14-28;/h4-7,9-12,14H,2-3,8,13H2,1H3,(H2,23,25,27);1H. The molecule has 0 saturated heterocycles. The van der Waals surface area contributed by atoms with Gasteiger partial charge in [0.15, 0.2) is 5.96 Å². The molecular weight excluding hydrogens is 550 g/mol. The van der Waals surface area contributed by atoms with Crippen molar-refractivity contribution in [2.24, 2.45) is 4.99 Å². The largest absolute Gasteiger partial charge is 0.356 e. The minimum Gasteiger partial charge on any atom is -0.356 e. The van der Waals surface area contributed by atoms with Crippen molar-refractivity contribution in [1.29, 1.82) is 0 Å². The van der Waals surface area contributed by atoms with E-state index in [9.17, 15) is 4.39 Å². The third-order valence-corrected chi connectivity index (χ3v) is 4.69. The lowest BCUT2D eigenvalue weighted by molar-refractivity contribution is 0.602. The van der Waals surface area contributed by atoms with Crippen LogP contribution in [0.1, 0.15) is 17.5 Å². The number of guanidine groups is 1. The van der Waals surface area contributed by atoms with Crippen molar-refractivity contribution in [2.75, 3.05) is 13.6 Å². The maximum Gasteiger partial charge on any atom is 0.191 e. The molecule has 6 nitrogen and oxygen atoms in total. The molecule has 0 aliphatic carbocycles. The topological polar surface area (TPSA) is 67.1 Å². The molecule has 1 aromatic carbocycles. The van der Waals surface area contributed by atoms with Crippen LogP contribution in [0, 0.1) is 5.82 Å². The number of rotatable bonds is 7. The predicted octanol–water partition coefficient (Wildman–Crippen LogP) is 4.08. The highest BCUT2D eigenvalue weighted by molar-refractivity contribution is 14.0. The van der Waals surface area contributed by atoms with Crippen molar-refractivity contribution in [3.05, 3.63) is 76.7 Å². The molecule has 3 rings (SSSR count). The number of halogens is 3. The molecule has 0 bridgehead atoms. The molecule has 0 atom stereocenters. The van der Waals surface area contributed by atoms with E-state index in [0.717, 1.165) is 27.8 Å². The molecular formula is C20H23BrFIN6. The summed E-state index contributed by atoms with van der Waals surface area (Å²) in [7, 11) is 1.73. The van der Waals surface area contributed by atoms with E-state index in [1.165, 1.54) is 6.07 Å². The van der Waals surface area contributed by atoms with Crippen molar-refractivity contribution in [3.63, 3.8) is 0 Å². The van der Waals surface area contributed by atoms with Gasteiger partial charge >= 0.3 is 0 Å². The fourth-order valence-electron chi connectivity index (χ4n) is 2.69. The smallest absolute Gasteiger partial charge is 0.191 e. The molecule has 0 fully saturated rings. The zero-order valence-corrected chi connectivity index (χ0v) is 19.9. The van der Waals surface area contributed by atoms with Crippen LogP contribution in [0.3, 0.4) is 0 Å². The van der Waals surface area contributed by atoms with Gasteiger partial charge in [-0.15, -0.1) is 24.0 Å². The van der Waals surface area contributed by atoms with E-state index in [-0.39, 0.29) is 29.8 Å². The highest BCUT2D eigenvalue weighted by Gasteiger charge is 2.04. The Labute approximate surface area is 195 Å². The lowest BCUT2D eigenvalue weighted by Gasteiger charge is -2.12. The molecule has 2 heterocycles. The van der Waals surface area contributed by atoms with Gasteiger partial charge in [-0.2, -0.15) is 0 Å². The molecule has 3 aromatic rings. The van der Waals surface area contributed by atoms with Crippen LogP contribution in [0.4, 0.5) is 4.39 Å². The van der Waals surface area contributed by atoms with Gasteiger partial charge in [-0.1, -0.05) is 28.1 Å². The Morgan fingerprint density at radius 2 is 2.10 bits per heavy atom. The Bertz CT molecular complexity index is 915. The maximum absolute atomic E-state index is 13.8.